The standard InChI is InChI=1S/C23H40O3/c1-20(24)15-13-11-9-7-5-3-2-4-6-8-10-12-14-16-21-17-22(25)19-23(26)18-21/h17-20,24-26H,2-16H2,1H3/t20-/m0/s1. The number of benzene rings is 1. The van der Waals surface area contributed by atoms with Crippen molar-refractivity contribution in [2.24, 2.45) is 0 Å². The van der Waals surface area contributed by atoms with E-state index in [1.807, 2.05) is 6.92 Å². The number of rotatable bonds is 16. The van der Waals surface area contributed by atoms with Gasteiger partial charge < -0.3 is 15.3 Å². The molecule has 150 valence electrons. The SMILES string of the molecule is C[C@H](O)CCCCCCCCCCCCCCCc1cc(O)cc(O)c1. The highest BCUT2D eigenvalue weighted by Gasteiger charge is 2.00. The van der Waals surface area contributed by atoms with Gasteiger partial charge in [-0.2, -0.15) is 0 Å². The molecule has 0 radical (unpaired) electrons. The third-order valence-corrected chi connectivity index (χ3v) is 5.05. The molecule has 0 aromatic heterocycles. The minimum Gasteiger partial charge on any atom is -0.508 e. The Morgan fingerprint density at radius 1 is 0.615 bits per heavy atom. The fourth-order valence-electron chi connectivity index (χ4n) is 3.51. The molecule has 0 spiro atoms. The molecular weight excluding hydrogens is 324 g/mol. The van der Waals surface area contributed by atoms with Gasteiger partial charge in [0.05, 0.1) is 6.10 Å². The van der Waals surface area contributed by atoms with Crippen molar-refractivity contribution >= 4 is 0 Å². The molecule has 0 aliphatic carbocycles. The van der Waals surface area contributed by atoms with E-state index in [1.165, 1.54) is 83.1 Å². The topological polar surface area (TPSA) is 60.7 Å². The summed E-state index contributed by atoms with van der Waals surface area (Å²) in [5.41, 5.74) is 1.02. The molecule has 3 heteroatoms. The Kier molecular flexibility index (Phi) is 13.1. The Morgan fingerprint density at radius 2 is 1.00 bits per heavy atom. The highest BCUT2D eigenvalue weighted by molar-refractivity contribution is 5.36. The highest BCUT2D eigenvalue weighted by atomic mass is 16.3. The first-order valence-electron chi connectivity index (χ1n) is 10.8. The molecule has 0 aliphatic heterocycles. The first-order valence-corrected chi connectivity index (χ1v) is 10.8. The van der Waals surface area contributed by atoms with Crippen LogP contribution in [0, 0.1) is 0 Å². The van der Waals surface area contributed by atoms with Crippen molar-refractivity contribution in [2.45, 2.75) is 109 Å². The molecular formula is C23H40O3. The van der Waals surface area contributed by atoms with Gasteiger partial charge in [0.2, 0.25) is 0 Å². The van der Waals surface area contributed by atoms with Crippen LogP contribution in [-0.2, 0) is 6.42 Å². The molecule has 0 fully saturated rings. The fourth-order valence-corrected chi connectivity index (χ4v) is 3.51. The van der Waals surface area contributed by atoms with Gasteiger partial charge in [0, 0.05) is 6.07 Å². The van der Waals surface area contributed by atoms with E-state index in [0.29, 0.717) is 0 Å². The Morgan fingerprint density at radius 3 is 1.42 bits per heavy atom. The van der Waals surface area contributed by atoms with E-state index >= 15 is 0 Å². The average molecular weight is 365 g/mol. The number of aliphatic hydroxyl groups excluding tert-OH is 1. The second kappa shape index (κ2) is 14.9. The normalized spacial score (nSPS) is 12.4. The van der Waals surface area contributed by atoms with Crippen LogP contribution in [0.4, 0.5) is 0 Å². The largest absolute Gasteiger partial charge is 0.508 e. The zero-order valence-corrected chi connectivity index (χ0v) is 16.8. The summed E-state index contributed by atoms with van der Waals surface area (Å²) in [6, 6.07) is 4.86. The maximum absolute atomic E-state index is 9.46. The van der Waals surface area contributed by atoms with Crippen molar-refractivity contribution < 1.29 is 15.3 Å². The molecule has 0 aliphatic rings. The predicted molar refractivity (Wildman–Crippen MR) is 110 cm³/mol. The molecule has 3 nitrogen and oxygen atoms in total. The van der Waals surface area contributed by atoms with Gasteiger partial charge in [-0.1, -0.05) is 77.0 Å². The van der Waals surface area contributed by atoms with Gasteiger partial charge in [-0.05, 0) is 43.9 Å². The smallest absolute Gasteiger partial charge is 0.119 e. The number of hydrogen-bond donors (Lipinski definition) is 3. The predicted octanol–water partition coefficient (Wildman–Crippen LogP) is 6.48. The maximum Gasteiger partial charge on any atom is 0.119 e. The Balaban J connectivity index is 1.81. The first-order chi connectivity index (χ1) is 12.6. The van der Waals surface area contributed by atoms with Crippen LogP contribution in [-0.4, -0.2) is 21.4 Å². The second-order valence-corrected chi connectivity index (χ2v) is 7.84. The Labute approximate surface area is 160 Å². The minimum absolute atomic E-state index is 0.130. The van der Waals surface area contributed by atoms with Gasteiger partial charge in [-0.3, -0.25) is 0 Å². The average Bonchev–Trinajstić information content (AvgIpc) is 2.57. The molecule has 0 bridgehead atoms. The fraction of sp³-hybridized carbons (Fsp3) is 0.739. The van der Waals surface area contributed by atoms with Gasteiger partial charge in [0.1, 0.15) is 11.5 Å². The summed E-state index contributed by atoms with van der Waals surface area (Å²) in [6.45, 7) is 1.88. The van der Waals surface area contributed by atoms with Crippen LogP contribution < -0.4 is 0 Å². The zero-order valence-electron chi connectivity index (χ0n) is 16.8. The van der Waals surface area contributed by atoms with Gasteiger partial charge in [-0.15, -0.1) is 0 Å². The highest BCUT2D eigenvalue weighted by Crippen LogP contribution is 2.22. The van der Waals surface area contributed by atoms with E-state index in [0.717, 1.165) is 24.8 Å². The van der Waals surface area contributed by atoms with Gasteiger partial charge in [-0.25, -0.2) is 0 Å². The first kappa shape index (κ1) is 22.8. The van der Waals surface area contributed by atoms with Crippen LogP contribution >= 0.6 is 0 Å². The third kappa shape index (κ3) is 13.0. The molecule has 0 heterocycles. The van der Waals surface area contributed by atoms with Crippen molar-refractivity contribution in [3.8, 4) is 11.5 Å². The molecule has 0 saturated heterocycles. The maximum atomic E-state index is 9.46. The summed E-state index contributed by atoms with van der Waals surface area (Å²) in [5, 5.41) is 28.1. The number of phenols is 2. The Bertz CT molecular complexity index is 437. The van der Waals surface area contributed by atoms with E-state index in [1.54, 1.807) is 12.1 Å². The Hall–Kier alpha value is -1.22. The molecule has 3 N–H and O–H groups in total. The zero-order chi connectivity index (χ0) is 19.0. The third-order valence-electron chi connectivity index (χ3n) is 5.05. The monoisotopic (exact) mass is 364 g/mol. The number of aromatic hydroxyl groups is 2. The lowest BCUT2D eigenvalue weighted by molar-refractivity contribution is 0.180. The van der Waals surface area contributed by atoms with Crippen molar-refractivity contribution in [1.29, 1.82) is 0 Å². The number of aryl methyl sites for hydroxylation is 1. The molecule has 0 unspecified atom stereocenters. The molecule has 1 aromatic carbocycles. The van der Waals surface area contributed by atoms with Crippen LogP contribution in [0.15, 0.2) is 18.2 Å². The van der Waals surface area contributed by atoms with Crippen molar-refractivity contribution in [3.63, 3.8) is 0 Å². The molecule has 26 heavy (non-hydrogen) atoms. The van der Waals surface area contributed by atoms with E-state index in [4.69, 9.17) is 0 Å². The summed E-state index contributed by atoms with van der Waals surface area (Å²) in [5.74, 6) is 0.305. The summed E-state index contributed by atoms with van der Waals surface area (Å²) in [7, 11) is 0. The molecule has 1 rings (SSSR count). The van der Waals surface area contributed by atoms with E-state index < -0.39 is 0 Å². The lowest BCUT2D eigenvalue weighted by Gasteiger charge is -2.05. The molecule has 1 aromatic rings. The van der Waals surface area contributed by atoms with Crippen molar-refractivity contribution in [3.05, 3.63) is 23.8 Å². The summed E-state index contributed by atoms with van der Waals surface area (Å²) in [4.78, 5) is 0. The van der Waals surface area contributed by atoms with E-state index in [2.05, 4.69) is 0 Å². The summed E-state index contributed by atoms with van der Waals surface area (Å²) in [6.07, 6.45) is 18.7. The number of aliphatic hydroxyl groups is 1. The van der Waals surface area contributed by atoms with Crippen LogP contribution in [0.5, 0.6) is 11.5 Å². The minimum atomic E-state index is -0.130. The van der Waals surface area contributed by atoms with E-state index in [9.17, 15) is 15.3 Å². The van der Waals surface area contributed by atoms with Gasteiger partial charge in [0.15, 0.2) is 0 Å². The lowest BCUT2D eigenvalue weighted by Crippen LogP contribution is -1.98. The molecule has 0 saturated carbocycles. The summed E-state index contributed by atoms with van der Waals surface area (Å²) >= 11 is 0. The van der Waals surface area contributed by atoms with Crippen LogP contribution in [0.2, 0.25) is 0 Å². The number of phenolic OH excluding ortho intramolecular Hbond substituents is 2. The van der Waals surface area contributed by atoms with Gasteiger partial charge in [0.25, 0.3) is 0 Å². The van der Waals surface area contributed by atoms with Crippen LogP contribution in [0.25, 0.3) is 0 Å². The van der Waals surface area contributed by atoms with E-state index in [-0.39, 0.29) is 17.6 Å². The second-order valence-electron chi connectivity index (χ2n) is 7.84. The number of hydrogen-bond acceptors (Lipinski definition) is 3. The van der Waals surface area contributed by atoms with Crippen molar-refractivity contribution in [2.75, 3.05) is 0 Å². The van der Waals surface area contributed by atoms with Crippen LogP contribution in [0.3, 0.4) is 0 Å². The molecule has 0 amide bonds. The molecule has 1 atom stereocenters. The van der Waals surface area contributed by atoms with Gasteiger partial charge >= 0.3 is 0 Å². The number of unbranched alkanes of at least 4 members (excludes halogenated alkanes) is 12. The quantitative estimate of drug-likeness (QED) is 0.294. The lowest BCUT2D eigenvalue weighted by atomic mass is 10.0. The summed E-state index contributed by atoms with van der Waals surface area (Å²) < 4.78 is 0. The van der Waals surface area contributed by atoms with Crippen molar-refractivity contribution in [1.82, 2.24) is 0 Å². The van der Waals surface area contributed by atoms with Crippen LogP contribution in [0.1, 0.15) is 102 Å².